The highest BCUT2D eigenvalue weighted by Crippen LogP contribution is 2.18. The van der Waals surface area contributed by atoms with Gasteiger partial charge in [0, 0.05) is 26.3 Å². The van der Waals surface area contributed by atoms with Gasteiger partial charge in [-0.1, -0.05) is 38.8 Å². The van der Waals surface area contributed by atoms with Gasteiger partial charge >= 0.3 is 0 Å². The maximum absolute atomic E-state index is 12.0. The van der Waals surface area contributed by atoms with Crippen molar-refractivity contribution in [1.29, 1.82) is 0 Å². The zero-order valence-electron chi connectivity index (χ0n) is 11.9. The second-order valence-electron chi connectivity index (χ2n) is 4.81. The van der Waals surface area contributed by atoms with Crippen molar-refractivity contribution in [1.82, 2.24) is 4.90 Å². The van der Waals surface area contributed by atoms with Gasteiger partial charge in [0.25, 0.3) is 5.91 Å². The number of carbonyl (C=O) groups excluding carboxylic acids is 1. The van der Waals surface area contributed by atoms with E-state index in [0.717, 1.165) is 30.6 Å². The second-order valence-corrected chi connectivity index (χ2v) is 4.81. The number of anilines is 1. The third-order valence-electron chi connectivity index (χ3n) is 3.30. The predicted octanol–water partition coefficient (Wildman–Crippen LogP) is 3.24. The van der Waals surface area contributed by atoms with Crippen LogP contribution in [0.1, 0.15) is 37.0 Å². The van der Waals surface area contributed by atoms with Crippen LogP contribution in [0.2, 0.25) is 0 Å². The summed E-state index contributed by atoms with van der Waals surface area (Å²) in [6, 6.07) is 7.71. The molecule has 0 aliphatic rings. The summed E-state index contributed by atoms with van der Waals surface area (Å²) in [6.45, 7) is 5.32. The molecule has 0 unspecified atom stereocenters. The van der Waals surface area contributed by atoms with Gasteiger partial charge in [-0.3, -0.25) is 4.79 Å². The molecule has 0 aliphatic carbocycles. The summed E-state index contributed by atoms with van der Waals surface area (Å²) in [6.07, 6.45) is 2.32. The molecule has 0 heterocycles. The maximum atomic E-state index is 12.0. The first-order chi connectivity index (χ1) is 8.60. The topological polar surface area (TPSA) is 32.3 Å². The van der Waals surface area contributed by atoms with Gasteiger partial charge in [0.1, 0.15) is 0 Å². The molecule has 18 heavy (non-hydrogen) atoms. The highest BCUT2D eigenvalue weighted by Gasteiger charge is 2.13. The lowest BCUT2D eigenvalue weighted by Crippen LogP contribution is -2.23. The van der Waals surface area contributed by atoms with Crippen LogP contribution in [0.5, 0.6) is 0 Å². The fourth-order valence-electron chi connectivity index (χ4n) is 1.90. The van der Waals surface area contributed by atoms with Crippen molar-refractivity contribution in [3.63, 3.8) is 0 Å². The van der Waals surface area contributed by atoms with Gasteiger partial charge in [-0.15, -0.1) is 0 Å². The average Bonchev–Trinajstić information content (AvgIpc) is 2.39. The van der Waals surface area contributed by atoms with Gasteiger partial charge in [0.15, 0.2) is 0 Å². The van der Waals surface area contributed by atoms with Crippen LogP contribution in [0.25, 0.3) is 0 Å². The zero-order valence-corrected chi connectivity index (χ0v) is 11.9. The molecule has 3 nitrogen and oxygen atoms in total. The Labute approximate surface area is 110 Å². The number of hydrogen-bond donors (Lipinski definition) is 1. The van der Waals surface area contributed by atoms with Crippen LogP contribution in [0.3, 0.4) is 0 Å². The molecule has 0 bridgehead atoms. The van der Waals surface area contributed by atoms with Gasteiger partial charge in [0.05, 0.1) is 5.56 Å². The van der Waals surface area contributed by atoms with E-state index in [1.54, 1.807) is 19.0 Å². The Balaban J connectivity index is 2.79. The molecule has 1 N–H and O–H groups in total. The van der Waals surface area contributed by atoms with Crippen LogP contribution < -0.4 is 5.32 Å². The fraction of sp³-hybridized carbons (Fsp3) is 0.533. The summed E-state index contributed by atoms with van der Waals surface area (Å²) in [7, 11) is 3.56. The summed E-state index contributed by atoms with van der Waals surface area (Å²) >= 11 is 0. The molecule has 0 saturated heterocycles. The summed E-state index contributed by atoms with van der Waals surface area (Å²) in [5, 5.41) is 3.40. The van der Waals surface area contributed by atoms with Crippen LogP contribution in [0.15, 0.2) is 24.3 Å². The molecule has 0 aliphatic heterocycles. The van der Waals surface area contributed by atoms with Crippen molar-refractivity contribution in [2.75, 3.05) is 26.0 Å². The summed E-state index contributed by atoms with van der Waals surface area (Å²) in [5.41, 5.74) is 1.68. The normalized spacial score (nSPS) is 10.5. The van der Waals surface area contributed by atoms with Crippen LogP contribution >= 0.6 is 0 Å². The quantitative estimate of drug-likeness (QED) is 0.838. The van der Waals surface area contributed by atoms with Crippen molar-refractivity contribution in [2.45, 2.75) is 26.7 Å². The Morgan fingerprint density at radius 3 is 2.39 bits per heavy atom. The second kappa shape index (κ2) is 7.04. The molecule has 3 heteroatoms. The van der Waals surface area contributed by atoms with Gasteiger partial charge in [-0.25, -0.2) is 0 Å². The number of para-hydroxylation sites is 1. The Kier molecular flexibility index (Phi) is 5.69. The third kappa shape index (κ3) is 3.76. The molecule has 100 valence electrons. The number of hydrogen-bond acceptors (Lipinski definition) is 2. The third-order valence-corrected chi connectivity index (χ3v) is 3.30. The SMILES string of the molecule is CCC(CC)CNc1ccccc1C(=O)N(C)C. The molecule has 0 fully saturated rings. The standard InChI is InChI=1S/C15H24N2O/c1-5-12(6-2)11-16-14-10-8-7-9-13(14)15(18)17(3)4/h7-10,12,16H,5-6,11H2,1-4H3. The van der Waals surface area contributed by atoms with E-state index in [2.05, 4.69) is 19.2 Å². The Bertz CT molecular complexity index is 384. The molecule has 0 aromatic heterocycles. The maximum Gasteiger partial charge on any atom is 0.255 e. The van der Waals surface area contributed by atoms with Crippen LogP contribution in [-0.4, -0.2) is 31.4 Å². The molecule has 1 rings (SSSR count). The molecule has 0 atom stereocenters. The Morgan fingerprint density at radius 1 is 1.22 bits per heavy atom. The average molecular weight is 248 g/mol. The first-order valence-electron chi connectivity index (χ1n) is 6.64. The van der Waals surface area contributed by atoms with Gasteiger partial charge in [-0.05, 0) is 18.1 Å². The van der Waals surface area contributed by atoms with Gasteiger partial charge in [-0.2, -0.15) is 0 Å². The number of nitrogens with one attached hydrogen (secondary N) is 1. The van der Waals surface area contributed by atoms with E-state index in [-0.39, 0.29) is 5.91 Å². The highest BCUT2D eigenvalue weighted by atomic mass is 16.2. The first-order valence-corrected chi connectivity index (χ1v) is 6.64. The number of rotatable bonds is 6. The van der Waals surface area contributed by atoms with Gasteiger partial charge < -0.3 is 10.2 Å². The lowest BCUT2D eigenvalue weighted by molar-refractivity contribution is 0.0828. The lowest BCUT2D eigenvalue weighted by atomic mass is 10.0. The minimum absolute atomic E-state index is 0.0441. The minimum Gasteiger partial charge on any atom is -0.384 e. The van der Waals surface area contributed by atoms with Crippen LogP contribution in [0.4, 0.5) is 5.69 Å². The summed E-state index contributed by atoms with van der Waals surface area (Å²) < 4.78 is 0. The van der Waals surface area contributed by atoms with E-state index in [4.69, 9.17) is 0 Å². The molecule has 0 saturated carbocycles. The molecule has 1 aromatic rings. The first kappa shape index (κ1) is 14.6. The van der Waals surface area contributed by atoms with Crippen molar-refractivity contribution in [3.05, 3.63) is 29.8 Å². The van der Waals surface area contributed by atoms with Crippen molar-refractivity contribution in [2.24, 2.45) is 5.92 Å². The van der Waals surface area contributed by atoms with E-state index in [0.29, 0.717) is 5.92 Å². The van der Waals surface area contributed by atoms with E-state index in [1.807, 2.05) is 24.3 Å². The molecule has 1 amide bonds. The number of benzene rings is 1. The smallest absolute Gasteiger partial charge is 0.255 e. The minimum atomic E-state index is 0.0441. The van der Waals surface area contributed by atoms with Crippen molar-refractivity contribution >= 4 is 11.6 Å². The monoisotopic (exact) mass is 248 g/mol. The van der Waals surface area contributed by atoms with E-state index < -0.39 is 0 Å². The molecular formula is C15H24N2O. The largest absolute Gasteiger partial charge is 0.384 e. The van der Waals surface area contributed by atoms with E-state index in [9.17, 15) is 4.79 Å². The lowest BCUT2D eigenvalue weighted by Gasteiger charge is -2.18. The van der Waals surface area contributed by atoms with E-state index in [1.165, 1.54) is 0 Å². The van der Waals surface area contributed by atoms with Crippen molar-refractivity contribution < 1.29 is 4.79 Å². The van der Waals surface area contributed by atoms with Crippen LogP contribution in [-0.2, 0) is 0 Å². The summed E-state index contributed by atoms with van der Waals surface area (Å²) in [5.74, 6) is 0.704. The molecule has 1 aromatic carbocycles. The molecule has 0 spiro atoms. The van der Waals surface area contributed by atoms with Crippen molar-refractivity contribution in [3.8, 4) is 0 Å². The van der Waals surface area contributed by atoms with Gasteiger partial charge in [0.2, 0.25) is 0 Å². The highest BCUT2D eigenvalue weighted by molar-refractivity contribution is 5.99. The Hall–Kier alpha value is -1.51. The van der Waals surface area contributed by atoms with E-state index >= 15 is 0 Å². The fourth-order valence-corrected chi connectivity index (χ4v) is 1.90. The van der Waals surface area contributed by atoms with Crippen LogP contribution in [0, 0.1) is 5.92 Å². The zero-order chi connectivity index (χ0) is 13.5. The Morgan fingerprint density at radius 2 is 1.83 bits per heavy atom. The number of carbonyl (C=O) groups is 1. The summed E-state index contributed by atoms with van der Waals surface area (Å²) in [4.78, 5) is 13.6. The number of nitrogens with zero attached hydrogens (tertiary/aromatic N) is 1. The number of amides is 1. The molecular weight excluding hydrogens is 224 g/mol. The predicted molar refractivity (Wildman–Crippen MR) is 77.0 cm³/mol. The molecule has 0 radical (unpaired) electrons.